The number of hydrogen-bond acceptors (Lipinski definition) is 2. The molecule has 1 unspecified atom stereocenters. The third-order valence-corrected chi connectivity index (χ3v) is 3.22. The van der Waals surface area contributed by atoms with E-state index in [1.807, 2.05) is 6.07 Å². The zero-order valence-corrected chi connectivity index (χ0v) is 11.9. The summed E-state index contributed by atoms with van der Waals surface area (Å²) in [6.07, 6.45) is -4.83. The first kappa shape index (κ1) is 15.7. The molecule has 1 rings (SSSR count). The first-order valence-corrected chi connectivity index (χ1v) is 6.17. The highest BCUT2D eigenvalue weighted by Gasteiger charge is 2.40. The van der Waals surface area contributed by atoms with Crippen molar-refractivity contribution in [3.8, 4) is 6.07 Å². The van der Waals surface area contributed by atoms with Gasteiger partial charge in [0.05, 0.1) is 17.0 Å². The largest absolute Gasteiger partial charge is 0.416 e. The van der Waals surface area contributed by atoms with Gasteiger partial charge in [0.2, 0.25) is 0 Å². The zero-order valence-electron chi connectivity index (χ0n) is 10.3. The number of nitrogens with zero attached hydrogens (tertiary/aromatic N) is 1. The highest BCUT2D eigenvalue weighted by atomic mass is 79.9. The molecule has 0 amide bonds. The second-order valence-corrected chi connectivity index (χ2v) is 5.43. The number of halogens is 4. The minimum Gasteiger partial charge on any atom is -0.300 e. The van der Waals surface area contributed by atoms with Gasteiger partial charge in [0, 0.05) is 10.9 Å². The molecule has 0 aliphatic heterocycles. The fraction of sp³-hybridized carbons (Fsp3) is 0.385. The minimum atomic E-state index is -4.58. The number of carbonyl (C=O) groups excluding carboxylic acids is 1. The second kappa shape index (κ2) is 5.33. The molecule has 102 valence electrons. The standard InChI is InChI=1S/C13H11BrF3NO/c1-8(19)6-12(2,7-18)10-4-3-9(14)5-11(10)13(15,16)17/h3-5H,6H2,1-2H3. The number of hydrogen-bond donors (Lipinski definition) is 0. The van der Waals surface area contributed by atoms with Gasteiger partial charge in [0.25, 0.3) is 0 Å². The average Bonchev–Trinajstić information content (AvgIpc) is 2.26. The van der Waals surface area contributed by atoms with Crippen LogP contribution >= 0.6 is 15.9 Å². The third-order valence-electron chi connectivity index (χ3n) is 2.73. The molecule has 1 aromatic carbocycles. The second-order valence-electron chi connectivity index (χ2n) is 4.51. The number of alkyl halides is 3. The first-order chi connectivity index (χ1) is 8.60. The van der Waals surface area contributed by atoms with Crippen molar-refractivity contribution in [3.63, 3.8) is 0 Å². The highest BCUT2D eigenvalue weighted by Crippen LogP contribution is 2.40. The smallest absolute Gasteiger partial charge is 0.300 e. The van der Waals surface area contributed by atoms with E-state index < -0.39 is 17.2 Å². The Morgan fingerprint density at radius 1 is 1.37 bits per heavy atom. The molecule has 0 bridgehead atoms. The van der Waals surface area contributed by atoms with Crippen molar-refractivity contribution in [2.75, 3.05) is 0 Å². The van der Waals surface area contributed by atoms with Crippen molar-refractivity contribution in [2.24, 2.45) is 0 Å². The van der Waals surface area contributed by atoms with Gasteiger partial charge in [-0.25, -0.2) is 0 Å². The molecule has 0 heterocycles. The summed E-state index contributed by atoms with van der Waals surface area (Å²) >= 11 is 2.98. The summed E-state index contributed by atoms with van der Waals surface area (Å²) in [5.74, 6) is -0.333. The summed E-state index contributed by atoms with van der Waals surface area (Å²) in [7, 11) is 0. The lowest BCUT2D eigenvalue weighted by atomic mass is 9.77. The Kier molecular flexibility index (Phi) is 4.41. The van der Waals surface area contributed by atoms with Crippen LogP contribution in [0.1, 0.15) is 31.4 Å². The molecule has 19 heavy (non-hydrogen) atoms. The molecule has 0 saturated carbocycles. The summed E-state index contributed by atoms with van der Waals surface area (Å²) in [4.78, 5) is 11.2. The third kappa shape index (κ3) is 3.57. The number of carbonyl (C=O) groups is 1. The maximum absolute atomic E-state index is 13.0. The van der Waals surface area contributed by atoms with E-state index in [-0.39, 0.29) is 22.2 Å². The van der Waals surface area contributed by atoms with E-state index >= 15 is 0 Å². The van der Waals surface area contributed by atoms with Crippen LogP contribution in [0.4, 0.5) is 13.2 Å². The van der Waals surface area contributed by atoms with Gasteiger partial charge in [-0.2, -0.15) is 18.4 Å². The molecular weight excluding hydrogens is 323 g/mol. The predicted octanol–water partition coefficient (Wildman–Crippen LogP) is 4.23. The molecule has 0 aromatic heterocycles. The van der Waals surface area contributed by atoms with Crippen LogP contribution in [0.25, 0.3) is 0 Å². The first-order valence-electron chi connectivity index (χ1n) is 5.38. The molecule has 0 spiro atoms. The maximum atomic E-state index is 13.0. The van der Waals surface area contributed by atoms with Gasteiger partial charge in [-0.3, -0.25) is 4.79 Å². The fourth-order valence-corrected chi connectivity index (χ4v) is 2.29. The van der Waals surface area contributed by atoms with E-state index in [2.05, 4.69) is 15.9 Å². The van der Waals surface area contributed by atoms with E-state index in [1.165, 1.54) is 26.0 Å². The number of ketones is 1. The topological polar surface area (TPSA) is 40.9 Å². The van der Waals surface area contributed by atoms with E-state index in [0.29, 0.717) is 0 Å². The van der Waals surface area contributed by atoms with Crippen molar-refractivity contribution in [2.45, 2.75) is 31.9 Å². The van der Waals surface area contributed by atoms with Crippen LogP contribution < -0.4 is 0 Å². The number of nitriles is 1. The summed E-state index contributed by atoms with van der Waals surface area (Å²) in [5.41, 5.74) is -2.56. The number of benzene rings is 1. The predicted molar refractivity (Wildman–Crippen MR) is 67.4 cm³/mol. The molecule has 0 fully saturated rings. The van der Waals surface area contributed by atoms with Gasteiger partial charge in [-0.15, -0.1) is 0 Å². The lowest BCUT2D eigenvalue weighted by molar-refractivity contribution is -0.139. The molecule has 0 N–H and O–H groups in total. The van der Waals surface area contributed by atoms with E-state index in [4.69, 9.17) is 5.26 Å². The Hall–Kier alpha value is -1.35. The highest BCUT2D eigenvalue weighted by molar-refractivity contribution is 9.10. The molecule has 1 aromatic rings. The Labute approximate surface area is 117 Å². The SMILES string of the molecule is CC(=O)CC(C)(C#N)c1ccc(Br)cc1C(F)(F)F. The Morgan fingerprint density at radius 3 is 2.37 bits per heavy atom. The number of Topliss-reactive ketones (excluding diaryl/α,β-unsaturated/α-hetero) is 1. The molecule has 0 saturated heterocycles. The van der Waals surface area contributed by atoms with E-state index in [9.17, 15) is 18.0 Å². The van der Waals surface area contributed by atoms with E-state index in [1.54, 1.807) is 0 Å². The van der Waals surface area contributed by atoms with E-state index in [0.717, 1.165) is 6.07 Å². The van der Waals surface area contributed by atoms with Gasteiger partial charge >= 0.3 is 6.18 Å². The normalized spacial score (nSPS) is 14.6. The fourth-order valence-electron chi connectivity index (χ4n) is 1.93. The van der Waals surface area contributed by atoms with Gasteiger partial charge in [-0.05, 0) is 31.5 Å². The quantitative estimate of drug-likeness (QED) is 0.830. The van der Waals surface area contributed by atoms with Gasteiger partial charge in [0.1, 0.15) is 5.78 Å². The van der Waals surface area contributed by atoms with Crippen molar-refractivity contribution < 1.29 is 18.0 Å². The molecule has 1 atom stereocenters. The average molecular weight is 334 g/mol. The molecular formula is C13H11BrF3NO. The Balaban J connectivity index is 3.49. The molecule has 6 heteroatoms. The van der Waals surface area contributed by atoms with Crippen LogP contribution in [-0.4, -0.2) is 5.78 Å². The lowest BCUT2D eigenvalue weighted by Gasteiger charge is -2.25. The van der Waals surface area contributed by atoms with Crippen LogP contribution in [-0.2, 0) is 16.4 Å². The van der Waals surface area contributed by atoms with Crippen LogP contribution in [0, 0.1) is 11.3 Å². The summed E-state index contributed by atoms with van der Waals surface area (Å²) in [6.45, 7) is 2.59. The maximum Gasteiger partial charge on any atom is 0.416 e. The summed E-state index contributed by atoms with van der Waals surface area (Å²) in [5, 5.41) is 9.17. The van der Waals surface area contributed by atoms with Crippen LogP contribution in [0.3, 0.4) is 0 Å². The minimum absolute atomic E-state index is 0.180. The summed E-state index contributed by atoms with van der Waals surface area (Å²) in [6, 6.07) is 5.41. The van der Waals surface area contributed by atoms with Crippen LogP contribution in [0.2, 0.25) is 0 Å². The molecule has 0 aliphatic rings. The van der Waals surface area contributed by atoms with Gasteiger partial charge < -0.3 is 0 Å². The molecule has 2 nitrogen and oxygen atoms in total. The lowest BCUT2D eigenvalue weighted by Crippen LogP contribution is -2.26. The van der Waals surface area contributed by atoms with Crippen molar-refractivity contribution >= 4 is 21.7 Å². The molecule has 0 radical (unpaired) electrons. The number of rotatable bonds is 3. The monoisotopic (exact) mass is 333 g/mol. The zero-order chi connectivity index (χ0) is 14.8. The molecule has 0 aliphatic carbocycles. The van der Waals surface area contributed by atoms with Gasteiger partial charge in [-0.1, -0.05) is 22.0 Å². The van der Waals surface area contributed by atoms with Crippen molar-refractivity contribution in [1.29, 1.82) is 5.26 Å². The van der Waals surface area contributed by atoms with Gasteiger partial charge in [0.15, 0.2) is 0 Å². The summed E-state index contributed by atoms with van der Waals surface area (Å²) < 4.78 is 39.3. The van der Waals surface area contributed by atoms with Crippen LogP contribution in [0.15, 0.2) is 22.7 Å². The van der Waals surface area contributed by atoms with Crippen molar-refractivity contribution in [1.82, 2.24) is 0 Å². The van der Waals surface area contributed by atoms with Crippen LogP contribution in [0.5, 0.6) is 0 Å². The van der Waals surface area contributed by atoms with Crippen molar-refractivity contribution in [3.05, 3.63) is 33.8 Å². The Morgan fingerprint density at radius 2 is 1.95 bits per heavy atom. The Bertz CT molecular complexity index is 548.